The fourth-order valence-electron chi connectivity index (χ4n) is 2.47. The lowest BCUT2D eigenvalue weighted by molar-refractivity contribution is 0.193. The van der Waals surface area contributed by atoms with Crippen molar-refractivity contribution in [1.82, 2.24) is 30.6 Å². The van der Waals surface area contributed by atoms with E-state index in [0.717, 1.165) is 11.5 Å². The number of aromatic amines is 1. The third kappa shape index (κ3) is 3.38. The maximum Gasteiger partial charge on any atom is 0.244 e. The summed E-state index contributed by atoms with van der Waals surface area (Å²) in [6.07, 6.45) is 1.41. The molecule has 24 heavy (non-hydrogen) atoms. The number of aromatic nitrogens is 5. The molecule has 2 atom stereocenters. The SMILES string of the molecule is Cc1ccc([C@@H](C)N[C@H](c2nc(-c3ncn[nH]3)no2)C(C)(C)C)o1. The molecule has 0 bridgehead atoms. The lowest BCUT2D eigenvalue weighted by Crippen LogP contribution is -2.34. The highest BCUT2D eigenvalue weighted by atomic mass is 16.5. The lowest BCUT2D eigenvalue weighted by Gasteiger charge is -2.30. The first kappa shape index (κ1) is 16.4. The van der Waals surface area contributed by atoms with Crippen LogP contribution in [0.5, 0.6) is 0 Å². The second kappa shape index (κ2) is 6.20. The monoisotopic (exact) mass is 330 g/mol. The number of nitrogens with one attached hydrogen (secondary N) is 2. The van der Waals surface area contributed by atoms with Gasteiger partial charge in [-0.05, 0) is 31.4 Å². The molecule has 8 heteroatoms. The van der Waals surface area contributed by atoms with E-state index in [1.165, 1.54) is 6.33 Å². The van der Waals surface area contributed by atoms with Crippen LogP contribution in [0, 0.1) is 12.3 Å². The van der Waals surface area contributed by atoms with Crippen molar-refractivity contribution in [2.45, 2.75) is 46.7 Å². The second-order valence-corrected chi connectivity index (χ2v) is 6.93. The highest BCUT2D eigenvalue weighted by Crippen LogP contribution is 2.34. The van der Waals surface area contributed by atoms with Gasteiger partial charge in [0.2, 0.25) is 11.7 Å². The Kier molecular flexibility index (Phi) is 4.23. The normalized spacial score (nSPS) is 14.7. The maximum atomic E-state index is 5.71. The van der Waals surface area contributed by atoms with Crippen LogP contribution in [0.4, 0.5) is 0 Å². The first-order valence-corrected chi connectivity index (χ1v) is 7.86. The quantitative estimate of drug-likeness (QED) is 0.740. The Bertz CT molecular complexity index is 784. The molecule has 0 saturated carbocycles. The van der Waals surface area contributed by atoms with E-state index in [2.05, 4.69) is 51.4 Å². The summed E-state index contributed by atoms with van der Waals surface area (Å²) in [4.78, 5) is 8.51. The fraction of sp³-hybridized carbons (Fsp3) is 0.500. The van der Waals surface area contributed by atoms with Crippen molar-refractivity contribution in [1.29, 1.82) is 0 Å². The van der Waals surface area contributed by atoms with Crippen LogP contribution in [0.2, 0.25) is 0 Å². The number of aryl methyl sites for hydroxylation is 1. The summed E-state index contributed by atoms with van der Waals surface area (Å²) in [5, 5.41) is 14.1. The van der Waals surface area contributed by atoms with E-state index in [9.17, 15) is 0 Å². The van der Waals surface area contributed by atoms with E-state index in [0.29, 0.717) is 17.5 Å². The molecule has 0 amide bonds. The van der Waals surface area contributed by atoms with Crippen molar-refractivity contribution in [2.75, 3.05) is 0 Å². The lowest BCUT2D eigenvalue weighted by atomic mass is 9.86. The van der Waals surface area contributed by atoms with E-state index >= 15 is 0 Å². The third-order valence-electron chi connectivity index (χ3n) is 3.79. The van der Waals surface area contributed by atoms with E-state index in [1.807, 2.05) is 26.0 Å². The largest absolute Gasteiger partial charge is 0.465 e. The maximum absolute atomic E-state index is 5.71. The molecule has 128 valence electrons. The minimum Gasteiger partial charge on any atom is -0.465 e. The van der Waals surface area contributed by atoms with Crippen LogP contribution in [0.1, 0.15) is 57.2 Å². The van der Waals surface area contributed by atoms with Gasteiger partial charge in [-0.3, -0.25) is 10.4 Å². The van der Waals surface area contributed by atoms with Crippen LogP contribution in [0.3, 0.4) is 0 Å². The Morgan fingerprint density at radius 1 is 1.25 bits per heavy atom. The Hall–Kier alpha value is -2.48. The van der Waals surface area contributed by atoms with Crippen LogP contribution in [-0.4, -0.2) is 25.3 Å². The van der Waals surface area contributed by atoms with E-state index in [1.54, 1.807) is 0 Å². The highest BCUT2D eigenvalue weighted by Gasteiger charge is 2.33. The zero-order chi connectivity index (χ0) is 17.3. The van der Waals surface area contributed by atoms with Crippen molar-refractivity contribution in [3.8, 4) is 11.6 Å². The summed E-state index contributed by atoms with van der Waals surface area (Å²) >= 11 is 0. The van der Waals surface area contributed by atoms with Crippen LogP contribution in [0.25, 0.3) is 11.6 Å². The smallest absolute Gasteiger partial charge is 0.244 e. The van der Waals surface area contributed by atoms with Crippen molar-refractivity contribution in [3.05, 3.63) is 35.9 Å². The van der Waals surface area contributed by atoms with Crippen molar-refractivity contribution in [3.63, 3.8) is 0 Å². The molecule has 3 aromatic heterocycles. The van der Waals surface area contributed by atoms with Gasteiger partial charge in [0, 0.05) is 0 Å². The number of rotatable bonds is 5. The minimum atomic E-state index is -0.151. The fourth-order valence-corrected chi connectivity index (χ4v) is 2.47. The summed E-state index contributed by atoms with van der Waals surface area (Å²) in [5.74, 6) is 3.13. The molecule has 0 saturated heterocycles. The number of nitrogens with zero attached hydrogens (tertiary/aromatic N) is 4. The molecule has 3 rings (SSSR count). The van der Waals surface area contributed by atoms with Crippen molar-refractivity contribution in [2.24, 2.45) is 5.41 Å². The van der Waals surface area contributed by atoms with Gasteiger partial charge >= 0.3 is 0 Å². The summed E-state index contributed by atoms with van der Waals surface area (Å²) in [5.41, 5.74) is -0.138. The molecule has 0 aliphatic carbocycles. The average Bonchev–Trinajstić information content (AvgIpc) is 3.23. The molecule has 2 N–H and O–H groups in total. The standard InChI is InChI=1S/C16H22N6O2/c1-9-6-7-11(23-9)10(2)19-12(16(3,4)5)15-20-14(22-24-15)13-17-8-18-21-13/h6-8,10,12,19H,1-5H3,(H,17,18,21)/t10-,12-/m1/s1. The number of hydrogen-bond donors (Lipinski definition) is 2. The molecular weight excluding hydrogens is 308 g/mol. The summed E-state index contributed by atoms with van der Waals surface area (Å²) in [6, 6.07) is 3.78. The van der Waals surface area contributed by atoms with Gasteiger partial charge in [0.1, 0.15) is 17.8 Å². The van der Waals surface area contributed by atoms with Crippen molar-refractivity contribution < 1.29 is 8.94 Å². The predicted molar refractivity (Wildman–Crippen MR) is 86.9 cm³/mol. The number of H-pyrrole nitrogens is 1. The van der Waals surface area contributed by atoms with Crippen LogP contribution in [-0.2, 0) is 0 Å². The highest BCUT2D eigenvalue weighted by molar-refractivity contribution is 5.39. The van der Waals surface area contributed by atoms with E-state index in [4.69, 9.17) is 8.94 Å². The minimum absolute atomic E-state index is 0.00329. The zero-order valence-corrected chi connectivity index (χ0v) is 14.5. The molecule has 0 radical (unpaired) electrons. The first-order chi connectivity index (χ1) is 11.3. The van der Waals surface area contributed by atoms with Gasteiger partial charge in [0.15, 0.2) is 5.82 Å². The first-order valence-electron chi connectivity index (χ1n) is 7.86. The van der Waals surface area contributed by atoms with Gasteiger partial charge in [-0.15, -0.1) is 0 Å². The van der Waals surface area contributed by atoms with Crippen LogP contribution >= 0.6 is 0 Å². The van der Waals surface area contributed by atoms with Gasteiger partial charge in [0.05, 0.1) is 12.1 Å². The van der Waals surface area contributed by atoms with Gasteiger partial charge in [-0.25, -0.2) is 4.98 Å². The Balaban J connectivity index is 1.85. The van der Waals surface area contributed by atoms with Gasteiger partial charge < -0.3 is 8.94 Å². The third-order valence-corrected chi connectivity index (χ3v) is 3.79. The van der Waals surface area contributed by atoms with Crippen LogP contribution < -0.4 is 5.32 Å². The predicted octanol–water partition coefficient (Wildman–Crippen LogP) is 3.19. The number of furan rings is 1. The number of hydrogen-bond acceptors (Lipinski definition) is 7. The average molecular weight is 330 g/mol. The van der Waals surface area contributed by atoms with E-state index in [-0.39, 0.29) is 17.5 Å². The summed E-state index contributed by atoms with van der Waals surface area (Å²) in [7, 11) is 0. The van der Waals surface area contributed by atoms with Crippen LogP contribution in [0.15, 0.2) is 27.4 Å². The van der Waals surface area contributed by atoms with E-state index < -0.39 is 0 Å². The molecule has 3 heterocycles. The Labute approximate surface area is 140 Å². The molecule has 0 unspecified atom stereocenters. The Morgan fingerprint density at radius 3 is 2.62 bits per heavy atom. The Morgan fingerprint density at radius 2 is 2.04 bits per heavy atom. The molecule has 0 spiro atoms. The topological polar surface area (TPSA) is 106 Å². The molecular formula is C16H22N6O2. The molecule has 0 aromatic carbocycles. The van der Waals surface area contributed by atoms with Gasteiger partial charge in [0.25, 0.3) is 0 Å². The molecule has 3 aromatic rings. The van der Waals surface area contributed by atoms with Gasteiger partial charge in [-0.2, -0.15) is 10.1 Å². The van der Waals surface area contributed by atoms with Crippen molar-refractivity contribution >= 4 is 0 Å². The summed E-state index contributed by atoms with van der Waals surface area (Å²) in [6.45, 7) is 10.3. The molecule has 0 aliphatic heterocycles. The zero-order valence-electron chi connectivity index (χ0n) is 14.5. The molecule has 0 aliphatic rings. The molecule has 0 fully saturated rings. The second-order valence-electron chi connectivity index (χ2n) is 6.93. The molecule has 8 nitrogen and oxygen atoms in total. The summed E-state index contributed by atoms with van der Waals surface area (Å²) < 4.78 is 11.2. The van der Waals surface area contributed by atoms with Gasteiger partial charge in [-0.1, -0.05) is 25.9 Å².